The molecule has 9 nitrogen and oxygen atoms in total. The summed E-state index contributed by atoms with van der Waals surface area (Å²) >= 11 is 5.90. The SMILES string of the molecule is O=[N+]([O-])c1ccc(S(=O)(=O)N2CCC[C@@H](c3nc(-c4ccc(Cl)cc4)no3)C2)cc1. The maximum atomic E-state index is 13.0. The molecule has 4 rings (SSSR count). The number of halogens is 1. The van der Waals surface area contributed by atoms with E-state index in [0.717, 1.165) is 5.56 Å². The van der Waals surface area contributed by atoms with Gasteiger partial charge >= 0.3 is 0 Å². The summed E-state index contributed by atoms with van der Waals surface area (Å²) in [5, 5.41) is 15.4. The Morgan fingerprint density at radius 1 is 1.13 bits per heavy atom. The van der Waals surface area contributed by atoms with Crippen LogP contribution in [0, 0.1) is 10.1 Å². The number of piperidine rings is 1. The first-order valence-corrected chi connectivity index (χ1v) is 11.0. The van der Waals surface area contributed by atoms with Crippen molar-refractivity contribution < 1.29 is 17.9 Å². The van der Waals surface area contributed by atoms with E-state index in [0.29, 0.717) is 36.1 Å². The Bertz CT molecular complexity index is 1160. The summed E-state index contributed by atoms with van der Waals surface area (Å²) in [5.41, 5.74) is 0.589. The van der Waals surface area contributed by atoms with Crippen LogP contribution in [0.15, 0.2) is 57.9 Å². The Kier molecular flexibility index (Phi) is 5.54. The summed E-state index contributed by atoms with van der Waals surface area (Å²) in [4.78, 5) is 14.7. The molecular weight excluding hydrogens is 432 g/mol. The average Bonchev–Trinajstić information content (AvgIpc) is 3.25. The monoisotopic (exact) mass is 448 g/mol. The zero-order chi connectivity index (χ0) is 21.3. The lowest BCUT2D eigenvalue weighted by atomic mass is 10.00. The molecule has 0 unspecified atom stereocenters. The first-order chi connectivity index (χ1) is 14.3. The molecule has 1 aliphatic rings. The predicted molar refractivity (Wildman–Crippen MR) is 109 cm³/mol. The summed E-state index contributed by atoms with van der Waals surface area (Å²) in [6.45, 7) is 0.551. The average molecular weight is 449 g/mol. The van der Waals surface area contributed by atoms with Gasteiger partial charge in [-0.1, -0.05) is 16.8 Å². The highest BCUT2D eigenvalue weighted by Crippen LogP contribution is 2.31. The molecule has 0 aliphatic carbocycles. The number of nitrogens with zero attached hydrogens (tertiary/aromatic N) is 4. The molecule has 0 N–H and O–H groups in total. The van der Waals surface area contributed by atoms with E-state index in [1.54, 1.807) is 24.3 Å². The minimum absolute atomic E-state index is 0.0149. The Balaban J connectivity index is 1.53. The third-order valence-electron chi connectivity index (χ3n) is 4.96. The molecule has 30 heavy (non-hydrogen) atoms. The first-order valence-electron chi connectivity index (χ1n) is 9.19. The molecule has 3 aromatic rings. The molecule has 0 amide bonds. The zero-order valence-electron chi connectivity index (χ0n) is 15.6. The highest BCUT2D eigenvalue weighted by atomic mass is 35.5. The van der Waals surface area contributed by atoms with E-state index in [9.17, 15) is 18.5 Å². The van der Waals surface area contributed by atoms with Gasteiger partial charge in [0.15, 0.2) is 0 Å². The van der Waals surface area contributed by atoms with Crippen molar-refractivity contribution in [1.82, 2.24) is 14.4 Å². The van der Waals surface area contributed by atoms with Gasteiger partial charge in [0.1, 0.15) is 0 Å². The van der Waals surface area contributed by atoms with Crippen LogP contribution in [0.1, 0.15) is 24.7 Å². The normalized spacial score (nSPS) is 17.7. The first kappa shape index (κ1) is 20.5. The molecule has 1 saturated heterocycles. The van der Waals surface area contributed by atoms with E-state index in [1.165, 1.54) is 28.6 Å². The molecule has 1 fully saturated rings. The number of rotatable bonds is 5. The van der Waals surface area contributed by atoms with Gasteiger partial charge in [-0.05, 0) is 49.2 Å². The Labute approximate surface area is 177 Å². The van der Waals surface area contributed by atoms with E-state index in [4.69, 9.17) is 16.1 Å². The zero-order valence-corrected chi connectivity index (χ0v) is 17.2. The van der Waals surface area contributed by atoms with E-state index in [2.05, 4.69) is 10.1 Å². The lowest BCUT2D eigenvalue weighted by Gasteiger charge is -2.30. The summed E-state index contributed by atoms with van der Waals surface area (Å²) in [6.07, 6.45) is 1.35. The molecule has 0 radical (unpaired) electrons. The van der Waals surface area contributed by atoms with Crippen molar-refractivity contribution in [2.45, 2.75) is 23.7 Å². The topological polar surface area (TPSA) is 119 Å². The minimum Gasteiger partial charge on any atom is -0.339 e. The van der Waals surface area contributed by atoms with Gasteiger partial charge in [-0.25, -0.2) is 8.42 Å². The van der Waals surface area contributed by atoms with Crippen molar-refractivity contribution in [1.29, 1.82) is 0 Å². The second-order valence-electron chi connectivity index (χ2n) is 6.92. The van der Waals surface area contributed by atoms with E-state index >= 15 is 0 Å². The van der Waals surface area contributed by atoms with Crippen molar-refractivity contribution in [2.24, 2.45) is 0 Å². The number of hydrogen-bond donors (Lipinski definition) is 0. The largest absolute Gasteiger partial charge is 0.339 e. The summed E-state index contributed by atoms with van der Waals surface area (Å²) in [5.74, 6) is 0.556. The number of hydrogen-bond acceptors (Lipinski definition) is 7. The summed E-state index contributed by atoms with van der Waals surface area (Å²) in [7, 11) is -3.79. The van der Waals surface area contributed by atoms with Crippen LogP contribution in [0.2, 0.25) is 5.02 Å². The highest BCUT2D eigenvalue weighted by molar-refractivity contribution is 7.89. The third-order valence-corrected chi connectivity index (χ3v) is 7.09. The van der Waals surface area contributed by atoms with Gasteiger partial charge in [0, 0.05) is 35.8 Å². The lowest BCUT2D eigenvalue weighted by Crippen LogP contribution is -2.39. The van der Waals surface area contributed by atoms with Crippen molar-refractivity contribution in [3.8, 4) is 11.4 Å². The van der Waals surface area contributed by atoms with Gasteiger partial charge in [-0.3, -0.25) is 10.1 Å². The van der Waals surface area contributed by atoms with Gasteiger partial charge in [0.25, 0.3) is 5.69 Å². The molecule has 0 spiro atoms. The fraction of sp³-hybridized carbons (Fsp3) is 0.263. The van der Waals surface area contributed by atoms with E-state index in [1.807, 2.05) is 0 Å². The van der Waals surface area contributed by atoms with Gasteiger partial charge in [0.2, 0.25) is 21.7 Å². The van der Waals surface area contributed by atoms with E-state index < -0.39 is 14.9 Å². The molecule has 0 bridgehead atoms. The van der Waals surface area contributed by atoms with Crippen molar-refractivity contribution in [3.05, 3.63) is 69.6 Å². The van der Waals surface area contributed by atoms with Gasteiger partial charge in [-0.2, -0.15) is 9.29 Å². The maximum Gasteiger partial charge on any atom is 0.269 e. The number of nitro groups is 1. The summed E-state index contributed by atoms with van der Waals surface area (Å²) in [6, 6.07) is 11.9. The highest BCUT2D eigenvalue weighted by Gasteiger charge is 2.33. The van der Waals surface area contributed by atoms with Crippen LogP contribution < -0.4 is 0 Å². The smallest absolute Gasteiger partial charge is 0.269 e. The molecule has 156 valence electrons. The Morgan fingerprint density at radius 3 is 2.50 bits per heavy atom. The molecule has 2 aromatic carbocycles. The molecule has 0 saturated carbocycles. The number of sulfonamides is 1. The van der Waals surface area contributed by atoms with Crippen LogP contribution in [-0.4, -0.2) is 40.9 Å². The molecule has 11 heteroatoms. The van der Waals surface area contributed by atoms with Crippen LogP contribution in [0.25, 0.3) is 11.4 Å². The second kappa shape index (κ2) is 8.13. The third kappa shape index (κ3) is 4.07. The van der Waals surface area contributed by atoms with Crippen LogP contribution in [0.5, 0.6) is 0 Å². The Hall–Kier alpha value is -2.82. The van der Waals surface area contributed by atoms with Crippen molar-refractivity contribution >= 4 is 27.3 Å². The summed E-state index contributed by atoms with van der Waals surface area (Å²) < 4.78 is 32.7. The van der Waals surface area contributed by atoms with Crippen molar-refractivity contribution in [2.75, 3.05) is 13.1 Å². The van der Waals surface area contributed by atoms with Crippen LogP contribution in [0.3, 0.4) is 0 Å². The molecule has 1 aromatic heterocycles. The fourth-order valence-corrected chi connectivity index (χ4v) is 5.02. The van der Waals surface area contributed by atoms with E-state index in [-0.39, 0.29) is 23.0 Å². The maximum absolute atomic E-state index is 13.0. The molecule has 1 atom stereocenters. The lowest BCUT2D eigenvalue weighted by molar-refractivity contribution is -0.384. The van der Waals surface area contributed by atoms with Gasteiger partial charge in [0.05, 0.1) is 15.7 Å². The number of aromatic nitrogens is 2. The van der Waals surface area contributed by atoms with Gasteiger partial charge < -0.3 is 4.52 Å². The van der Waals surface area contributed by atoms with Crippen LogP contribution in [-0.2, 0) is 10.0 Å². The standard InChI is InChI=1S/C19H17ClN4O5S/c20-15-5-3-13(4-6-15)18-21-19(29-22-18)14-2-1-11-23(12-14)30(27,28)17-9-7-16(8-10-17)24(25)26/h3-10,14H,1-2,11-12H2/t14-/m1/s1. The second-order valence-corrected chi connectivity index (χ2v) is 9.29. The van der Waals surface area contributed by atoms with Crippen LogP contribution in [0.4, 0.5) is 5.69 Å². The molecular formula is C19H17ClN4O5S. The predicted octanol–water partition coefficient (Wildman–Crippen LogP) is 3.87. The number of nitro benzene ring substituents is 1. The quantitative estimate of drug-likeness (QED) is 0.429. The van der Waals surface area contributed by atoms with Crippen molar-refractivity contribution in [3.63, 3.8) is 0 Å². The fourth-order valence-electron chi connectivity index (χ4n) is 3.37. The number of benzene rings is 2. The van der Waals surface area contributed by atoms with Crippen LogP contribution >= 0.6 is 11.6 Å². The molecule has 1 aliphatic heterocycles. The van der Waals surface area contributed by atoms with Gasteiger partial charge in [-0.15, -0.1) is 0 Å². The number of non-ortho nitro benzene ring substituents is 1. The minimum atomic E-state index is -3.79. The molecule has 2 heterocycles. The Morgan fingerprint density at radius 2 is 1.83 bits per heavy atom.